The van der Waals surface area contributed by atoms with Crippen LogP contribution in [0.25, 0.3) is 0 Å². The number of hydrogen-bond acceptors (Lipinski definition) is 7. The summed E-state index contributed by atoms with van der Waals surface area (Å²) in [4.78, 5) is 12.6. The Balaban J connectivity index is 1.80. The summed E-state index contributed by atoms with van der Waals surface area (Å²) < 4.78 is 10.9. The van der Waals surface area contributed by atoms with Crippen LogP contribution < -0.4 is 15.4 Å². The van der Waals surface area contributed by atoms with Crippen molar-refractivity contribution in [2.24, 2.45) is 0 Å². The van der Waals surface area contributed by atoms with Crippen molar-refractivity contribution in [3.63, 3.8) is 0 Å². The number of aromatic nitrogens is 3. The van der Waals surface area contributed by atoms with Crippen molar-refractivity contribution in [2.75, 3.05) is 37.4 Å². The van der Waals surface area contributed by atoms with Crippen LogP contribution in [0.4, 0.5) is 11.9 Å². The topological polar surface area (TPSA) is 81.2 Å². The van der Waals surface area contributed by atoms with Gasteiger partial charge in [0.1, 0.15) is 0 Å². The molecule has 1 aromatic heterocycles. The monoisotopic (exact) mass is 295 g/mol. The van der Waals surface area contributed by atoms with Gasteiger partial charge in [0.25, 0.3) is 0 Å². The minimum absolute atomic E-state index is 0.308. The molecule has 0 aliphatic heterocycles. The van der Waals surface area contributed by atoms with Gasteiger partial charge in [0.15, 0.2) is 0 Å². The summed E-state index contributed by atoms with van der Waals surface area (Å²) in [7, 11) is 1.55. The smallest absolute Gasteiger partial charge is 0.322 e. The van der Waals surface area contributed by atoms with E-state index in [-0.39, 0.29) is 0 Å². The summed E-state index contributed by atoms with van der Waals surface area (Å²) in [5.74, 6) is 1.04. The van der Waals surface area contributed by atoms with Crippen molar-refractivity contribution in [1.82, 2.24) is 15.0 Å². The summed E-state index contributed by atoms with van der Waals surface area (Å²) >= 11 is 0. The van der Waals surface area contributed by atoms with Gasteiger partial charge in [-0.3, -0.25) is 0 Å². The first-order valence-electron chi connectivity index (χ1n) is 7.71. The van der Waals surface area contributed by atoms with Gasteiger partial charge in [-0.2, -0.15) is 15.0 Å². The van der Waals surface area contributed by atoms with Gasteiger partial charge in [-0.05, 0) is 19.3 Å². The van der Waals surface area contributed by atoms with Crippen LogP contribution in [-0.4, -0.2) is 47.9 Å². The summed E-state index contributed by atoms with van der Waals surface area (Å²) in [6.45, 7) is 4.25. The van der Waals surface area contributed by atoms with Crippen molar-refractivity contribution >= 4 is 11.9 Å². The minimum atomic E-state index is 0.308. The van der Waals surface area contributed by atoms with E-state index in [2.05, 4.69) is 32.5 Å². The lowest BCUT2D eigenvalue weighted by molar-refractivity contribution is 0.0658. The normalized spacial score (nSPS) is 15.1. The third kappa shape index (κ3) is 5.34. The number of nitrogens with zero attached hydrogens (tertiary/aromatic N) is 3. The third-order valence-corrected chi connectivity index (χ3v) is 3.37. The molecule has 0 atom stereocenters. The molecule has 2 rings (SSSR count). The summed E-state index contributed by atoms with van der Waals surface area (Å²) in [5.41, 5.74) is 0. The molecule has 1 aliphatic carbocycles. The average Bonchev–Trinajstić information content (AvgIpc) is 3.02. The lowest BCUT2D eigenvalue weighted by Gasteiger charge is -2.12. The zero-order chi connectivity index (χ0) is 14.9. The molecule has 0 amide bonds. The fraction of sp³-hybridized carbons (Fsp3) is 0.786. The molecule has 0 spiro atoms. The van der Waals surface area contributed by atoms with E-state index in [1.807, 2.05) is 0 Å². The zero-order valence-electron chi connectivity index (χ0n) is 12.9. The summed E-state index contributed by atoms with van der Waals surface area (Å²) in [6.07, 6.45) is 6.38. The van der Waals surface area contributed by atoms with Crippen molar-refractivity contribution < 1.29 is 9.47 Å². The second-order valence-electron chi connectivity index (χ2n) is 5.10. The number of rotatable bonds is 9. The Morgan fingerprint density at radius 3 is 2.33 bits per heavy atom. The first kappa shape index (κ1) is 15.8. The molecular weight excluding hydrogens is 270 g/mol. The van der Waals surface area contributed by atoms with Gasteiger partial charge in [0.2, 0.25) is 11.9 Å². The van der Waals surface area contributed by atoms with Gasteiger partial charge in [0.05, 0.1) is 19.8 Å². The fourth-order valence-corrected chi connectivity index (χ4v) is 2.29. The number of nitrogens with one attached hydrogen (secondary N) is 2. The van der Waals surface area contributed by atoms with Crippen LogP contribution in [0.2, 0.25) is 0 Å². The van der Waals surface area contributed by atoms with E-state index in [1.54, 1.807) is 7.11 Å². The van der Waals surface area contributed by atoms with Gasteiger partial charge in [-0.15, -0.1) is 0 Å². The third-order valence-electron chi connectivity index (χ3n) is 3.37. The number of hydrogen-bond donors (Lipinski definition) is 2. The van der Waals surface area contributed by atoms with Crippen LogP contribution >= 0.6 is 0 Å². The molecule has 0 saturated heterocycles. The highest BCUT2D eigenvalue weighted by molar-refractivity contribution is 5.35. The Hall–Kier alpha value is -1.63. The van der Waals surface area contributed by atoms with E-state index in [0.717, 1.165) is 13.0 Å². The summed E-state index contributed by atoms with van der Waals surface area (Å²) in [5, 5.41) is 6.28. The highest BCUT2D eigenvalue weighted by atomic mass is 16.5. The predicted octanol–water partition coefficient (Wildman–Crippen LogP) is 2.07. The molecular formula is C14H25N5O2. The van der Waals surface area contributed by atoms with Gasteiger partial charge >= 0.3 is 6.01 Å². The largest absolute Gasteiger partial charge is 0.467 e. The molecule has 1 heterocycles. The molecule has 118 valence electrons. The maximum Gasteiger partial charge on any atom is 0.322 e. The van der Waals surface area contributed by atoms with E-state index in [0.29, 0.717) is 37.2 Å². The highest BCUT2D eigenvalue weighted by Gasteiger charge is 2.14. The van der Waals surface area contributed by atoms with E-state index in [1.165, 1.54) is 25.7 Å². The van der Waals surface area contributed by atoms with Gasteiger partial charge < -0.3 is 20.1 Å². The SMILES string of the molecule is CCCNc1nc(NCCOC2CCCC2)nc(OC)n1. The molecule has 1 saturated carbocycles. The van der Waals surface area contributed by atoms with Crippen LogP contribution in [0.1, 0.15) is 39.0 Å². The Bertz CT molecular complexity index is 424. The quantitative estimate of drug-likeness (QED) is 0.675. The van der Waals surface area contributed by atoms with E-state index in [9.17, 15) is 0 Å². The lowest BCUT2D eigenvalue weighted by atomic mass is 10.3. The Kier molecular flexibility index (Phi) is 6.46. The lowest BCUT2D eigenvalue weighted by Crippen LogP contribution is -2.17. The minimum Gasteiger partial charge on any atom is -0.467 e. The summed E-state index contributed by atoms with van der Waals surface area (Å²) in [6, 6.07) is 0.308. The van der Waals surface area contributed by atoms with Gasteiger partial charge in [-0.1, -0.05) is 19.8 Å². The number of anilines is 2. The molecule has 0 unspecified atom stereocenters. The molecule has 1 aliphatic rings. The van der Waals surface area contributed by atoms with Gasteiger partial charge in [0, 0.05) is 13.1 Å². The van der Waals surface area contributed by atoms with Gasteiger partial charge in [-0.25, -0.2) is 0 Å². The van der Waals surface area contributed by atoms with E-state index in [4.69, 9.17) is 9.47 Å². The maximum atomic E-state index is 5.80. The van der Waals surface area contributed by atoms with Crippen molar-refractivity contribution in [1.29, 1.82) is 0 Å². The molecule has 0 radical (unpaired) electrons. The predicted molar refractivity (Wildman–Crippen MR) is 81.9 cm³/mol. The van der Waals surface area contributed by atoms with Crippen molar-refractivity contribution in [3.8, 4) is 6.01 Å². The van der Waals surface area contributed by atoms with Crippen molar-refractivity contribution in [3.05, 3.63) is 0 Å². The number of ether oxygens (including phenoxy) is 2. The van der Waals surface area contributed by atoms with Crippen LogP contribution in [0.15, 0.2) is 0 Å². The first-order chi connectivity index (χ1) is 10.3. The highest BCUT2D eigenvalue weighted by Crippen LogP contribution is 2.20. The van der Waals surface area contributed by atoms with Crippen molar-refractivity contribution in [2.45, 2.75) is 45.1 Å². The fourth-order valence-electron chi connectivity index (χ4n) is 2.29. The maximum absolute atomic E-state index is 5.80. The Labute approximate surface area is 125 Å². The second-order valence-corrected chi connectivity index (χ2v) is 5.10. The molecule has 7 nitrogen and oxygen atoms in total. The van der Waals surface area contributed by atoms with Crippen LogP contribution in [-0.2, 0) is 4.74 Å². The Morgan fingerprint density at radius 2 is 1.71 bits per heavy atom. The van der Waals surface area contributed by atoms with Crippen LogP contribution in [0, 0.1) is 0 Å². The van der Waals surface area contributed by atoms with E-state index < -0.39 is 0 Å². The molecule has 7 heteroatoms. The first-order valence-corrected chi connectivity index (χ1v) is 7.71. The molecule has 0 aromatic carbocycles. The molecule has 21 heavy (non-hydrogen) atoms. The molecule has 2 N–H and O–H groups in total. The zero-order valence-corrected chi connectivity index (χ0v) is 12.9. The molecule has 1 aromatic rings. The second kappa shape index (κ2) is 8.61. The molecule has 1 fully saturated rings. The van der Waals surface area contributed by atoms with E-state index >= 15 is 0 Å². The average molecular weight is 295 g/mol. The van der Waals surface area contributed by atoms with Crippen LogP contribution in [0.5, 0.6) is 6.01 Å². The Morgan fingerprint density at radius 1 is 1.05 bits per heavy atom. The number of methoxy groups -OCH3 is 1. The van der Waals surface area contributed by atoms with Crippen LogP contribution in [0.3, 0.4) is 0 Å². The standard InChI is InChI=1S/C14H25N5O2/c1-3-8-15-12-17-13(19-14(18-12)20-2)16-9-10-21-11-6-4-5-7-11/h11H,3-10H2,1-2H3,(H2,15,16,17,18,19). The molecule has 0 bridgehead atoms.